The molecule has 1 aromatic heterocycles. The molecule has 3 aromatic rings. The fourth-order valence-corrected chi connectivity index (χ4v) is 4.09. The van der Waals surface area contributed by atoms with Gasteiger partial charge in [0.25, 0.3) is 5.91 Å². The van der Waals surface area contributed by atoms with E-state index in [1.807, 2.05) is 39.0 Å². The van der Waals surface area contributed by atoms with Gasteiger partial charge in [-0.15, -0.1) is 11.3 Å². The van der Waals surface area contributed by atoms with Crippen LogP contribution in [0, 0.1) is 20.8 Å². The minimum Gasteiger partial charge on any atom is -0.493 e. The molecule has 0 unspecified atom stereocenters. The Labute approximate surface area is 185 Å². The van der Waals surface area contributed by atoms with Crippen LogP contribution in [-0.2, 0) is 4.79 Å². The number of thiazole rings is 1. The Morgan fingerprint density at radius 1 is 1.00 bits per heavy atom. The average molecular weight is 440 g/mol. The van der Waals surface area contributed by atoms with E-state index in [1.54, 1.807) is 31.7 Å². The van der Waals surface area contributed by atoms with Crippen LogP contribution < -0.4 is 20.1 Å². The van der Waals surface area contributed by atoms with Gasteiger partial charge in [-0.25, -0.2) is 4.98 Å². The van der Waals surface area contributed by atoms with Crippen molar-refractivity contribution in [3.8, 4) is 22.1 Å². The van der Waals surface area contributed by atoms with E-state index in [1.165, 1.54) is 11.3 Å². The molecule has 7 nitrogen and oxygen atoms in total. The molecule has 2 amide bonds. The zero-order valence-electron chi connectivity index (χ0n) is 18.2. The predicted molar refractivity (Wildman–Crippen MR) is 122 cm³/mol. The molecule has 2 N–H and O–H groups in total. The predicted octanol–water partition coefficient (Wildman–Crippen LogP) is 4.12. The fraction of sp³-hybridized carbons (Fsp3) is 0.261. The van der Waals surface area contributed by atoms with Crippen molar-refractivity contribution >= 4 is 28.8 Å². The number of aromatic nitrogens is 1. The Balaban J connectivity index is 1.63. The first kappa shape index (κ1) is 22.3. The highest BCUT2D eigenvalue weighted by Gasteiger charge is 2.15. The summed E-state index contributed by atoms with van der Waals surface area (Å²) in [4.78, 5) is 29.2. The second-order valence-corrected chi connectivity index (χ2v) is 7.97. The molecule has 31 heavy (non-hydrogen) atoms. The van der Waals surface area contributed by atoms with E-state index in [2.05, 4.69) is 15.6 Å². The lowest BCUT2D eigenvalue weighted by atomic mass is 10.1. The number of carbonyl (C=O) groups is 2. The van der Waals surface area contributed by atoms with E-state index >= 15 is 0 Å². The number of rotatable bonds is 7. The monoisotopic (exact) mass is 439 g/mol. The van der Waals surface area contributed by atoms with Gasteiger partial charge in [0, 0.05) is 16.6 Å². The van der Waals surface area contributed by atoms with Crippen molar-refractivity contribution in [2.24, 2.45) is 0 Å². The van der Waals surface area contributed by atoms with Gasteiger partial charge in [-0.3, -0.25) is 9.59 Å². The number of methoxy groups -OCH3 is 2. The number of nitrogens with zero attached hydrogens (tertiary/aromatic N) is 1. The maximum atomic E-state index is 12.5. The lowest BCUT2D eigenvalue weighted by molar-refractivity contribution is -0.115. The number of anilines is 1. The molecule has 0 atom stereocenters. The second kappa shape index (κ2) is 9.61. The van der Waals surface area contributed by atoms with Crippen LogP contribution in [0.25, 0.3) is 10.6 Å². The third kappa shape index (κ3) is 5.21. The summed E-state index contributed by atoms with van der Waals surface area (Å²) in [7, 11) is 3.13. The first-order valence-corrected chi connectivity index (χ1v) is 10.5. The van der Waals surface area contributed by atoms with E-state index in [0.717, 1.165) is 27.9 Å². The number of nitrogens with one attached hydrogen (secondary N) is 2. The molecule has 0 spiro atoms. The molecule has 0 aliphatic rings. The molecule has 2 aromatic carbocycles. The minimum absolute atomic E-state index is 0.144. The average Bonchev–Trinajstić information content (AvgIpc) is 3.24. The first-order chi connectivity index (χ1) is 14.8. The van der Waals surface area contributed by atoms with Crippen LogP contribution in [0.3, 0.4) is 0 Å². The Hall–Kier alpha value is -3.39. The van der Waals surface area contributed by atoms with Gasteiger partial charge in [-0.05, 0) is 50.1 Å². The fourth-order valence-electron chi connectivity index (χ4n) is 3.29. The second-order valence-electron chi connectivity index (χ2n) is 7.11. The largest absolute Gasteiger partial charge is 0.493 e. The molecule has 8 heteroatoms. The standard InChI is InChI=1S/C23H25N3O4S/c1-13-8-14(2)21(15(3)9-13)26-20(27)11-24-22(28)17-12-31-23(25-17)16-6-7-18(29-4)19(10-16)30-5/h6-10,12H,11H2,1-5H3,(H,24,28)(H,26,27). The van der Waals surface area contributed by atoms with Crippen molar-refractivity contribution in [1.82, 2.24) is 10.3 Å². The van der Waals surface area contributed by atoms with Crippen molar-refractivity contribution < 1.29 is 19.1 Å². The van der Waals surface area contributed by atoms with Crippen molar-refractivity contribution in [3.05, 3.63) is 58.1 Å². The van der Waals surface area contributed by atoms with Crippen molar-refractivity contribution in [1.29, 1.82) is 0 Å². The van der Waals surface area contributed by atoms with E-state index in [0.29, 0.717) is 16.5 Å². The zero-order chi connectivity index (χ0) is 22.5. The van der Waals surface area contributed by atoms with Crippen LogP contribution in [-0.4, -0.2) is 37.6 Å². The number of hydrogen-bond acceptors (Lipinski definition) is 6. The van der Waals surface area contributed by atoms with E-state index in [9.17, 15) is 9.59 Å². The van der Waals surface area contributed by atoms with Gasteiger partial charge < -0.3 is 20.1 Å². The smallest absolute Gasteiger partial charge is 0.271 e. The van der Waals surface area contributed by atoms with E-state index in [-0.39, 0.29) is 18.1 Å². The number of amides is 2. The lowest BCUT2D eigenvalue weighted by Gasteiger charge is -2.13. The lowest BCUT2D eigenvalue weighted by Crippen LogP contribution is -2.33. The molecule has 0 radical (unpaired) electrons. The van der Waals surface area contributed by atoms with Crippen LogP contribution in [0.1, 0.15) is 27.2 Å². The summed E-state index contributed by atoms with van der Waals surface area (Å²) in [6.45, 7) is 5.75. The third-order valence-electron chi connectivity index (χ3n) is 4.72. The highest BCUT2D eigenvalue weighted by molar-refractivity contribution is 7.13. The van der Waals surface area contributed by atoms with E-state index < -0.39 is 5.91 Å². The SMILES string of the molecule is COc1ccc(-c2nc(C(=O)NCC(=O)Nc3c(C)cc(C)cc3C)cs2)cc1OC. The van der Waals surface area contributed by atoms with Crippen molar-refractivity contribution in [3.63, 3.8) is 0 Å². The van der Waals surface area contributed by atoms with Gasteiger partial charge in [0.1, 0.15) is 10.7 Å². The molecular weight excluding hydrogens is 414 g/mol. The summed E-state index contributed by atoms with van der Waals surface area (Å²) < 4.78 is 10.6. The van der Waals surface area contributed by atoms with Crippen LogP contribution in [0.15, 0.2) is 35.7 Å². The third-order valence-corrected chi connectivity index (χ3v) is 5.61. The quantitative estimate of drug-likeness (QED) is 0.578. The van der Waals surface area contributed by atoms with E-state index in [4.69, 9.17) is 9.47 Å². The summed E-state index contributed by atoms with van der Waals surface area (Å²) in [5.74, 6) is 0.500. The molecule has 3 rings (SSSR count). The Morgan fingerprint density at radius 3 is 2.32 bits per heavy atom. The highest BCUT2D eigenvalue weighted by atomic mass is 32.1. The maximum absolute atomic E-state index is 12.5. The number of carbonyl (C=O) groups excluding carboxylic acids is 2. The molecule has 162 valence electrons. The van der Waals surface area contributed by atoms with Crippen LogP contribution >= 0.6 is 11.3 Å². The van der Waals surface area contributed by atoms with Gasteiger partial charge in [0.05, 0.1) is 20.8 Å². The highest BCUT2D eigenvalue weighted by Crippen LogP contribution is 2.33. The van der Waals surface area contributed by atoms with Crippen molar-refractivity contribution in [2.75, 3.05) is 26.1 Å². The molecule has 0 saturated heterocycles. The molecule has 0 bridgehead atoms. The summed E-state index contributed by atoms with van der Waals surface area (Å²) >= 11 is 1.34. The van der Waals surface area contributed by atoms with Crippen LogP contribution in [0.2, 0.25) is 0 Å². The van der Waals surface area contributed by atoms with Gasteiger partial charge in [-0.1, -0.05) is 17.7 Å². The zero-order valence-corrected chi connectivity index (χ0v) is 19.0. The summed E-state index contributed by atoms with van der Waals surface area (Å²) in [6.07, 6.45) is 0. The summed E-state index contributed by atoms with van der Waals surface area (Å²) in [5, 5.41) is 7.82. The van der Waals surface area contributed by atoms with Crippen molar-refractivity contribution in [2.45, 2.75) is 20.8 Å². The normalized spacial score (nSPS) is 10.5. The Morgan fingerprint density at radius 2 is 1.68 bits per heavy atom. The first-order valence-electron chi connectivity index (χ1n) is 9.66. The topological polar surface area (TPSA) is 89.5 Å². The summed E-state index contributed by atoms with van der Waals surface area (Å²) in [6, 6.07) is 9.45. The number of hydrogen-bond donors (Lipinski definition) is 2. The number of ether oxygens (including phenoxy) is 2. The van der Waals surface area contributed by atoms with Gasteiger partial charge in [0.15, 0.2) is 11.5 Å². The number of aryl methyl sites for hydroxylation is 3. The number of benzene rings is 2. The van der Waals surface area contributed by atoms with Crippen LogP contribution in [0.5, 0.6) is 11.5 Å². The molecule has 1 heterocycles. The van der Waals surface area contributed by atoms with Gasteiger partial charge in [0.2, 0.25) is 5.91 Å². The maximum Gasteiger partial charge on any atom is 0.271 e. The summed E-state index contributed by atoms with van der Waals surface area (Å²) in [5.41, 5.74) is 4.94. The molecular formula is C23H25N3O4S. The Kier molecular flexibility index (Phi) is 6.91. The van der Waals surface area contributed by atoms with Gasteiger partial charge in [-0.2, -0.15) is 0 Å². The molecule has 0 aliphatic heterocycles. The Bertz CT molecular complexity index is 1100. The van der Waals surface area contributed by atoms with Crippen LogP contribution in [0.4, 0.5) is 5.69 Å². The molecule has 0 saturated carbocycles. The van der Waals surface area contributed by atoms with Gasteiger partial charge >= 0.3 is 0 Å². The minimum atomic E-state index is -0.407. The molecule has 0 aliphatic carbocycles. The molecule has 0 fully saturated rings.